The van der Waals surface area contributed by atoms with E-state index in [9.17, 15) is 5.26 Å². The fraction of sp³-hybridized carbons (Fsp3) is 0.250. The number of nitrogens with one attached hydrogen (secondary N) is 1. The van der Waals surface area contributed by atoms with Crippen molar-refractivity contribution in [2.75, 3.05) is 5.32 Å². The number of fused-ring (bicyclic) bond motifs is 4. The summed E-state index contributed by atoms with van der Waals surface area (Å²) in [5.41, 5.74) is 2.48. The fourth-order valence-electron chi connectivity index (χ4n) is 8.31. The number of hydrogen-bond acceptors (Lipinski definition) is 5. The van der Waals surface area contributed by atoms with E-state index in [2.05, 4.69) is 23.3 Å². The van der Waals surface area contributed by atoms with Crippen molar-refractivity contribution >= 4 is 16.9 Å². The zero-order valence-corrected chi connectivity index (χ0v) is 26.5. The molecule has 0 amide bonds. The second-order valence-electron chi connectivity index (χ2n) is 13.1. The molecule has 9 rings (SSSR count). The Morgan fingerprint density at radius 1 is 0.792 bits per heavy atom. The van der Waals surface area contributed by atoms with Crippen LogP contribution in [0.25, 0.3) is 22.4 Å². The highest BCUT2D eigenvalue weighted by Crippen LogP contribution is 2.47. The van der Waals surface area contributed by atoms with Crippen molar-refractivity contribution in [3.8, 4) is 17.5 Å². The zero-order valence-electron chi connectivity index (χ0n) is 26.5. The van der Waals surface area contributed by atoms with E-state index < -0.39 is 17.2 Å². The van der Waals surface area contributed by atoms with Gasteiger partial charge in [-0.25, -0.2) is 23.4 Å². The van der Waals surface area contributed by atoms with Gasteiger partial charge in [-0.3, -0.25) is 0 Å². The van der Waals surface area contributed by atoms with E-state index in [4.69, 9.17) is 10.1 Å². The molecule has 1 N–H and O–H groups in total. The molecule has 48 heavy (non-hydrogen) atoms. The first-order valence-electron chi connectivity index (χ1n) is 16.6. The normalized spacial score (nSPS) is 20.5. The van der Waals surface area contributed by atoms with E-state index >= 15 is 8.78 Å². The summed E-state index contributed by atoms with van der Waals surface area (Å²) in [5.74, 6) is 0.347. The molecule has 2 bridgehead atoms. The summed E-state index contributed by atoms with van der Waals surface area (Å²) in [6.45, 7) is 2.23. The van der Waals surface area contributed by atoms with Gasteiger partial charge < -0.3 is 5.32 Å². The Kier molecular flexibility index (Phi) is 7.48. The van der Waals surface area contributed by atoms with Crippen LogP contribution in [0.1, 0.15) is 54.9 Å². The van der Waals surface area contributed by atoms with Crippen molar-refractivity contribution in [1.29, 1.82) is 5.26 Å². The molecule has 3 aliphatic carbocycles. The summed E-state index contributed by atoms with van der Waals surface area (Å²) < 4.78 is 32.6. The quantitative estimate of drug-likeness (QED) is 0.177. The highest BCUT2D eigenvalue weighted by Gasteiger charge is 2.43. The van der Waals surface area contributed by atoms with Gasteiger partial charge in [0, 0.05) is 6.04 Å². The van der Waals surface area contributed by atoms with Gasteiger partial charge in [0.05, 0.1) is 17.1 Å². The van der Waals surface area contributed by atoms with E-state index in [-0.39, 0.29) is 28.8 Å². The van der Waals surface area contributed by atoms with Crippen LogP contribution in [0.2, 0.25) is 0 Å². The predicted molar refractivity (Wildman–Crippen MR) is 182 cm³/mol. The lowest BCUT2D eigenvalue weighted by Crippen LogP contribution is -2.47. The van der Waals surface area contributed by atoms with Crippen molar-refractivity contribution < 1.29 is 8.78 Å². The van der Waals surface area contributed by atoms with Gasteiger partial charge in [0.2, 0.25) is 0 Å². The largest absolute Gasteiger partial charge is 0.364 e. The predicted octanol–water partition coefficient (Wildman–Crippen LogP) is 8.72. The van der Waals surface area contributed by atoms with Crippen LogP contribution in [0.5, 0.6) is 0 Å². The van der Waals surface area contributed by atoms with Crippen LogP contribution in [0.3, 0.4) is 0 Å². The molecule has 2 unspecified atom stereocenters. The lowest BCUT2D eigenvalue weighted by molar-refractivity contribution is 0.0926. The van der Waals surface area contributed by atoms with E-state index in [1.54, 1.807) is 4.68 Å². The van der Waals surface area contributed by atoms with E-state index in [1.165, 1.54) is 31.2 Å². The van der Waals surface area contributed by atoms with Gasteiger partial charge in [0.1, 0.15) is 28.8 Å². The van der Waals surface area contributed by atoms with Crippen molar-refractivity contribution in [1.82, 2.24) is 19.7 Å². The van der Waals surface area contributed by atoms with E-state index in [1.807, 2.05) is 91.0 Å². The molecular weight excluding hydrogens is 602 g/mol. The average molecular weight is 637 g/mol. The molecule has 3 aromatic carbocycles. The standard InChI is InChI=1S/C40H34F2N6/c1-25-26-17-19-27(20-18-26)35(25)45-38-34(42)21-28(23-43)36(46-38)37-33-22-32(41)24-44-39(33)48(47-37)40(29-11-5-2-6-12-29,30-13-7-3-8-14-30)31-15-9-4-10-16-31/h2-16,21-22,24-27,35H,17-20H2,1H3,(H,45,46). The van der Waals surface area contributed by atoms with E-state index in [0.717, 1.165) is 29.5 Å². The smallest absolute Gasteiger partial charge is 0.166 e. The maximum atomic E-state index is 15.7. The van der Waals surface area contributed by atoms with Gasteiger partial charge in [0.25, 0.3) is 0 Å². The van der Waals surface area contributed by atoms with Gasteiger partial charge in [-0.2, -0.15) is 10.4 Å². The molecule has 0 aliphatic heterocycles. The SMILES string of the molecule is CC1C2CCC(CC2)C1Nc1nc(-c2nn(C(c3ccccc3)(c3ccccc3)c3ccccc3)c3ncc(F)cc23)c(C#N)cc1F. The number of aromatic nitrogens is 4. The lowest BCUT2D eigenvalue weighted by atomic mass is 9.62. The Morgan fingerprint density at radius 2 is 1.35 bits per heavy atom. The summed E-state index contributed by atoms with van der Waals surface area (Å²) in [5, 5.41) is 19.3. The molecule has 3 aliphatic rings. The van der Waals surface area contributed by atoms with Gasteiger partial charge in [-0.15, -0.1) is 0 Å². The third-order valence-corrected chi connectivity index (χ3v) is 10.6. The van der Waals surface area contributed by atoms with Gasteiger partial charge in [0.15, 0.2) is 17.3 Å². The summed E-state index contributed by atoms with van der Waals surface area (Å²) in [6.07, 6.45) is 5.79. The molecule has 3 aromatic heterocycles. The second kappa shape index (κ2) is 12.0. The molecule has 238 valence electrons. The topological polar surface area (TPSA) is 79.4 Å². The number of rotatable bonds is 7. The Hall–Kier alpha value is -5.42. The Balaban J connectivity index is 1.40. The Labute approximate surface area is 278 Å². The summed E-state index contributed by atoms with van der Waals surface area (Å²) in [6, 6.07) is 34.7. The molecule has 8 heteroatoms. The van der Waals surface area contributed by atoms with Gasteiger partial charge in [-0.05, 0) is 72.3 Å². The average Bonchev–Trinajstić information content (AvgIpc) is 3.50. The molecule has 3 saturated carbocycles. The second-order valence-corrected chi connectivity index (χ2v) is 13.1. The van der Waals surface area contributed by atoms with E-state index in [0.29, 0.717) is 28.8 Å². The monoisotopic (exact) mass is 636 g/mol. The van der Waals surface area contributed by atoms with Crippen molar-refractivity contribution in [2.24, 2.45) is 17.8 Å². The summed E-state index contributed by atoms with van der Waals surface area (Å²) >= 11 is 0. The van der Waals surface area contributed by atoms with Crippen LogP contribution in [-0.2, 0) is 5.54 Å². The Morgan fingerprint density at radius 3 is 1.90 bits per heavy atom. The van der Waals surface area contributed by atoms with Crippen LogP contribution in [-0.4, -0.2) is 25.8 Å². The maximum Gasteiger partial charge on any atom is 0.166 e. The van der Waals surface area contributed by atoms with Gasteiger partial charge in [-0.1, -0.05) is 97.9 Å². The number of hydrogen-bond donors (Lipinski definition) is 1. The highest BCUT2D eigenvalue weighted by molar-refractivity contribution is 5.92. The lowest BCUT2D eigenvalue weighted by Gasteiger charge is -2.47. The first-order chi connectivity index (χ1) is 23.5. The highest BCUT2D eigenvalue weighted by atomic mass is 19.1. The van der Waals surface area contributed by atoms with Crippen molar-refractivity contribution in [3.05, 3.63) is 143 Å². The van der Waals surface area contributed by atoms with Crippen LogP contribution in [0, 0.1) is 40.7 Å². The summed E-state index contributed by atoms with van der Waals surface area (Å²) in [4.78, 5) is 9.40. The molecule has 3 fully saturated rings. The van der Waals surface area contributed by atoms with Crippen LogP contribution in [0.4, 0.5) is 14.6 Å². The molecule has 6 aromatic rings. The van der Waals surface area contributed by atoms with Gasteiger partial charge >= 0.3 is 0 Å². The van der Waals surface area contributed by atoms with Crippen LogP contribution < -0.4 is 5.32 Å². The zero-order chi connectivity index (χ0) is 32.8. The minimum atomic E-state index is -1.06. The van der Waals surface area contributed by atoms with Crippen LogP contribution in [0.15, 0.2) is 109 Å². The maximum absolute atomic E-state index is 15.7. The molecule has 2 atom stereocenters. The molecular formula is C40H34F2N6. The molecule has 0 saturated heterocycles. The molecule has 0 radical (unpaired) electrons. The number of nitriles is 1. The molecule has 0 spiro atoms. The number of nitrogens with zero attached hydrogens (tertiary/aromatic N) is 5. The number of pyridine rings is 2. The number of benzene rings is 3. The molecule has 6 nitrogen and oxygen atoms in total. The van der Waals surface area contributed by atoms with Crippen molar-refractivity contribution in [3.63, 3.8) is 0 Å². The first-order valence-corrected chi connectivity index (χ1v) is 16.6. The van der Waals surface area contributed by atoms with Crippen molar-refractivity contribution in [2.45, 2.75) is 44.2 Å². The van der Waals surface area contributed by atoms with Crippen LogP contribution >= 0.6 is 0 Å². The summed E-state index contributed by atoms with van der Waals surface area (Å²) in [7, 11) is 0. The first kappa shape index (κ1) is 29.9. The third-order valence-electron chi connectivity index (χ3n) is 10.6. The minimum absolute atomic E-state index is 0.0109. The fourth-order valence-corrected chi connectivity index (χ4v) is 8.31. The minimum Gasteiger partial charge on any atom is -0.364 e. The Bertz CT molecular complexity index is 2040. The molecule has 3 heterocycles. The third kappa shape index (κ3) is 4.76. The number of anilines is 1. The number of halogens is 2.